The summed E-state index contributed by atoms with van der Waals surface area (Å²) in [5, 5.41) is 5.65. The normalized spacial score (nSPS) is 12.9. The Kier molecular flexibility index (Phi) is 6.59. The van der Waals surface area contributed by atoms with Crippen molar-refractivity contribution in [3.63, 3.8) is 0 Å². The van der Waals surface area contributed by atoms with Crippen LogP contribution in [0, 0.1) is 0 Å². The fraction of sp³-hybridized carbons (Fsp3) is 0.333. The predicted molar refractivity (Wildman–Crippen MR) is 93.5 cm³/mol. The summed E-state index contributed by atoms with van der Waals surface area (Å²) in [4.78, 5) is 24.9. The number of hydrogen-bond donors (Lipinski definition) is 3. The average molecular weight is 346 g/mol. The third kappa shape index (κ3) is 5.96. The fourth-order valence-corrected chi connectivity index (χ4v) is 2.42. The maximum Gasteiger partial charge on any atom is 0.279 e. The second-order valence-electron chi connectivity index (χ2n) is 5.90. The van der Waals surface area contributed by atoms with E-state index in [9.17, 15) is 9.59 Å². The first-order valence-corrected chi connectivity index (χ1v) is 8.06. The summed E-state index contributed by atoms with van der Waals surface area (Å²) < 4.78 is 10.4. The summed E-state index contributed by atoms with van der Waals surface area (Å²) in [5.74, 6) is 1.06. The molecule has 0 aliphatic rings. The zero-order valence-electron chi connectivity index (χ0n) is 14.7. The highest BCUT2D eigenvalue weighted by atomic mass is 16.5. The highest BCUT2D eigenvalue weighted by Crippen LogP contribution is 2.16. The number of quaternary nitrogens is 1. The Morgan fingerprint density at radius 2 is 1.96 bits per heavy atom. The van der Waals surface area contributed by atoms with Crippen LogP contribution in [0.15, 0.2) is 47.1 Å². The number of nitrogens with one attached hydrogen (secondary N) is 3. The lowest BCUT2D eigenvalue weighted by Gasteiger charge is -2.16. The molecule has 2 amide bonds. The van der Waals surface area contributed by atoms with Crippen LogP contribution in [-0.2, 0) is 9.59 Å². The van der Waals surface area contributed by atoms with Crippen LogP contribution in [0.3, 0.4) is 0 Å². The van der Waals surface area contributed by atoms with Gasteiger partial charge in [0, 0.05) is 11.8 Å². The van der Waals surface area contributed by atoms with E-state index < -0.39 is 0 Å². The van der Waals surface area contributed by atoms with Gasteiger partial charge in [-0.05, 0) is 31.2 Å². The molecule has 1 aromatic heterocycles. The molecule has 7 nitrogen and oxygen atoms in total. The number of ether oxygens (including phenoxy) is 1. The van der Waals surface area contributed by atoms with Crippen LogP contribution in [0.2, 0.25) is 0 Å². The Morgan fingerprint density at radius 1 is 1.20 bits per heavy atom. The quantitative estimate of drug-likeness (QED) is 0.654. The average Bonchev–Trinajstić information content (AvgIpc) is 3.09. The van der Waals surface area contributed by atoms with Crippen LogP contribution >= 0.6 is 0 Å². The highest BCUT2D eigenvalue weighted by Gasteiger charge is 2.17. The lowest BCUT2D eigenvalue weighted by molar-refractivity contribution is -0.862. The third-order valence-corrected chi connectivity index (χ3v) is 3.63. The zero-order valence-corrected chi connectivity index (χ0v) is 14.7. The van der Waals surface area contributed by atoms with Gasteiger partial charge in [0.25, 0.3) is 11.8 Å². The highest BCUT2D eigenvalue weighted by molar-refractivity contribution is 5.91. The minimum atomic E-state index is -0.207. The first kappa shape index (κ1) is 18.5. The van der Waals surface area contributed by atoms with Gasteiger partial charge in [0.1, 0.15) is 11.5 Å². The van der Waals surface area contributed by atoms with E-state index in [0.717, 1.165) is 4.90 Å². The molecule has 0 bridgehead atoms. The first-order valence-electron chi connectivity index (χ1n) is 8.06. The van der Waals surface area contributed by atoms with Crippen LogP contribution in [0.1, 0.15) is 18.7 Å². The Labute approximate surface area is 146 Å². The van der Waals surface area contributed by atoms with Crippen LogP contribution in [-0.4, -0.2) is 39.1 Å². The Balaban J connectivity index is 1.77. The van der Waals surface area contributed by atoms with Crippen molar-refractivity contribution in [2.45, 2.75) is 13.0 Å². The van der Waals surface area contributed by atoms with E-state index in [4.69, 9.17) is 9.15 Å². The Morgan fingerprint density at radius 3 is 2.64 bits per heavy atom. The molecule has 0 saturated heterocycles. The molecule has 0 aliphatic heterocycles. The summed E-state index contributed by atoms with van der Waals surface area (Å²) >= 11 is 0. The lowest BCUT2D eigenvalue weighted by Crippen LogP contribution is -3.11. The number of methoxy groups -OCH3 is 1. The monoisotopic (exact) mass is 346 g/mol. The largest absolute Gasteiger partial charge is 0.497 e. The summed E-state index contributed by atoms with van der Waals surface area (Å²) in [6, 6.07) is 10.5. The van der Waals surface area contributed by atoms with E-state index in [1.54, 1.807) is 50.8 Å². The maximum absolute atomic E-state index is 12.1. The van der Waals surface area contributed by atoms with Crippen molar-refractivity contribution in [1.82, 2.24) is 5.32 Å². The van der Waals surface area contributed by atoms with Crippen LogP contribution < -0.4 is 20.3 Å². The molecule has 1 unspecified atom stereocenters. The number of rotatable bonds is 8. The van der Waals surface area contributed by atoms with E-state index in [1.165, 1.54) is 0 Å². The number of likely N-dealkylation sites (N-methyl/N-ethyl adjacent to an activating group) is 1. The van der Waals surface area contributed by atoms with Gasteiger partial charge in [-0.25, -0.2) is 0 Å². The van der Waals surface area contributed by atoms with E-state index in [2.05, 4.69) is 10.6 Å². The molecule has 2 aromatic rings. The summed E-state index contributed by atoms with van der Waals surface area (Å²) in [6.07, 6.45) is 1.57. The minimum absolute atomic E-state index is 0.143. The molecular weight excluding hydrogens is 322 g/mol. The molecule has 0 spiro atoms. The number of hydrogen-bond acceptors (Lipinski definition) is 4. The molecule has 2 rings (SSSR count). The molecule has 3 N–H and O–H groups in total. The predicted octanol–water partition coefficient (Wildman–Crippen LogP) is 0.619. The second kappa shape index (κ2) is 8.89. The summed E-state index contributed by atoms with van der Waals surface area (Å²) in [6.45, 7) is 2.22. The van der Waals surface area contributed by atoms with Gasteiger partial charge in [-0.2, -0.15) is 0 Å². The van der Waals surface area contributed by atoms with Crippen LogP contribution in [0.5, 0.6) is 5.75 Å². The van der Waals surface area contributed by atoms with Crippen molar-refractivity contribution in [3.05, 3.63) is 48.4 Å². The van der Waals surface area contributed by atoms with E-state index >= 15 is 0 Å². The van der Waals surface area contributed by atoms with Gasteiger partial charge in [0.15, 0.2) is 13.1 Å². The van der Waals surface area contributed by atoms with Crippen LogP contribution in [0.4, 0.5) is 5.69 Å². The molecule has 0 radical (unpaired) electrons. The van der Waals surface area contributed by atoms with Gasteiger partial charge in [-0.3, -0.25) is 9.59 Å². The van der Waals surface area contributed by atoms with Crippen molar-refractivity contribution < 1.29 is 23.6 Å². The lowest BCUT2D eigenvalue weighted by atomic mass is 10.2. The SMILES string of the molecule is COc1cccc(NC(=O)C[NH+](C)CC(=O)N[C@H](C)c2ccco2)c1. The number of carbonyl (C=O) groups excluding carboxylic acids is 2. The first-order chi connectivity index (χ1) is 12.0. The third-order valence-electron chi connectivity index (χ3n) is 3.63. The minimum Gasteiger partial charge on any atom is -0.497 e. The van der Waals surface area contributed by atoms with Gasteiger partial charge in [-0.15, -0.1) is 0 Å². The van der Waals surface area contributed by atoms with Gasteiger partial charge < -0.3 is 24.7 Å². The van der Waals surface area contributed by atoms with Gasteiger partial charge >= 0.3 is 0 Å². The summed E-state index contributed by atoms with van der Waals surface area (Å²) in [7, 11) is 3.36. The topological polar surface area (TPSA) is 85.0 Å². The molecular formula is C18H24N3O4+. The fourth-order valence-electron chi connectivity index (χ4n) is 2.42. The molecule has 134 valence electrons. The number of benzene rings is 1. The standard InChI is InChI=1S/C18H23N3O4/c1-13(16-8-5-9-25-16)19-17(22)11-21(2)12-18(23)20-14-6-4-7-15(10-14)24-3/h4-10,13H,11-12H2,1-3H3,(H,19,22)(H,20,23)/p+1/t13-/m1/s1. The smallest absolute Gasteiger partial charge is 0.279 e. The van der Waals surface area contributed by atoms with Crippen molar-refractivity contribution >= 4 is 17.5 Å². The van der Waals surface area contributed by atoms with Crippen molar-refractivity contribution in [1.29, 1.82) is 0 Å². The number of amides is 2. The summed E-state index contributed by atoms with van der Waals surface area (Å²) in [5.41, 5.74) is 0.660. The van der Waals surface area contributed by atoms with Gasteiger partial charge in [0.05, 0.1) is 26.5 Å². The van der Waals surface area contributed by atoms with E-state index in [1.807, 2.05) is 13.0 Å². The van der Waals surface area contributed by atoms with Crippen molar-refractivity contribution in [2.75, 3.05) is 32.6 Å². The molecule has 1 heterocycles. The van der Waals surface area contributed by atoms with Crippen molar-refractivity contribution in [3.8, 4) is 5.75 Å². The second-order valence-corrected chi connectivity index (χ2v) is 5.90. The van der Waals surface area contributed by atoms with E-state index in [-0.39, 0.29) is 30.9 Å². The van der Waals surface area contributed by atoms with E-state index in [0.29, 0.717) is 17.2 Å². The zero-order chi connectivity index (χ0) is 18.2. The molecule has 1 aromatic carbocycles. The molecule has 7 heteroatoms. The molecule has 25 heavy (non-hydrogen) atoms. The number of anilines is 1. The molecule has 2 atom stereocenters. The molecule has 0 aliphatic carbocycles. The molecule has 0 fully saturated rings. The Bertz CT molecular complexity index is 700. The number of furan rings is 1. The van der Waals surface area contributed by atoms with Crippen LogP contribution in [0.25, 0.3) is 0 Å². The van der Waals surface area contributed by atoms with Gasteiger partial charge in [-0.1, -0.05) is 6.07 Å². The van der Waals surface area contributed by atoms with Gasteiger partial charge in [0.2, 0.25) is 0 Å². The van der Waals surface area contributed by atoms with Crippen molar-refractivity contribution in [2.24, 2.45) is 0 Å². The molecule has 0 saturated carbocycles. The maximum atomic E-state index is 12.1. The Hall–Kier alpha value is -2.80. The number of carbonyl (C=O) groups is 2.